The van der Waals surface area contributed by atoms with E-state index in [9.17, 15) is 52.7 Å². The van der Waals surface area contributed by atoms with Crippen LogP contribution in [0.5, 0.6) is 0 Å². The van der Waals surface area contributed by atoms with Gasteiger partial charge in [0.2, 0.25) is 18.1 Å². The Balaban J connectivity index is -0.000000414. The third-order valence-corrected chi connectivity index (χ3v) is 16.2. The molecule has 118 heavy (non-hydrogen) atoms. The van der Waals surface area contributed by atoms with E-state index in [0.29, 0.717) is 141 Å². The quantitative estimate of drug-likeness (QED) is 0.00626. The number of carbonyl (C=O) groups excluding carboxylic acids is 11. The SMILES string of the molecule is C.C=C(C)C(=O)OCCN(C(=O)CCCCCCCNC(=O)OCCCCOC(=O)CCCCCCCNC(=O)N(CCOC(=O)C(=C)C)C(C)(C)C)C(C)(C)C.C=C(C)C(=O)OCCNC(C)(C)C.N#COCCCCCCCC(=O)OCCCCOC(=O)NCCCCCCN=C=O.N#COCCCCCCN=C=O.OCCCCO. The van der Waals surface area contributed by atoms with Crippen LogP contribution in [-0.4, -0.2) is 228 Å². The number of amides is 5. The summed E-state index contributed by atoms with van der Waals surface area (Å²) in [5.41, 5.74) is 0.348. The molecule has 0 aliphatic heterocycles. The van der Waals surface area contributed by atoms with Gasteiger partial charge in [-0.25, -0.2) is 48.3 Å². The van der Waals surface area contributed by atoms with Gasteiger partial charge in [0.25, 0.3) is 12.5 Å². The first-order valence-corrected chi connectivity index (χ1v) is 41.7. The molecule has 0 aromatic rings. The molecule has 0 rings (SSSR count). The van der Waals surface area contributed by atoms with E-state index < -0.39 is 29.7 Å². The maximum Gasteiger partial charge on any atom is 0.407 e. The number of aliphatic hydroxyl groups is 2. The Hall–Kier alpha value is -8.93. The lowest BCUT2D eigenvalue weighted by molar-refractivity contribution is -0.144. The van der Waals surface area contributed by atoms with Crippen LogP contribution < -0.4 is 21.3 Å². The van der Waals surface area contributed by atoms with Crippen LogP contribution in [0.3, 0.4) is 0 Å². The second-order valence-electron chi connectivity index (χ2n) is 30.5. The summed E-state index contributed by atoms with van der Waals surface area (Å²) >= 11 is 0. The molecular weight excluding hydrogens is 1520 g/mol. The summed E-state index contributed by atoms with van der Waals surface area (Å²) in [5, 5.41) is 44.0. The van der Waals surface area contributed by atoms with Gasteiger partial charge in [-0.15, -0.1) is 0 Å². The van der Waals surface area contributed by atoms with Gasteiger partial charge in [-0.3, -0.25) is 14.4 Å². The van der Waals surface area contributed by atoms with E-state index in [4.69, 9.17) is 53.9 Å². The molecule has 0 aliphatic rings. The van der Waals surface area contributed by atoms with Crippen molar-refractivity contribution in [1.82, 2.24) is 31.1 Å². The number of hydrogen-bond donors (Lipinski definition) is 6. The molecule has 0 saturated heterocycles. The Morgan fingerprint density at radius 1 is 0.373 bits per heavy atom. The van der Waals surface area contributed by atoms with Crippen LogP contribution in [0.2, 0.25) is 0 Å². The lowest BCUT2D eigenvalue weighted by atomic mass is 10.0. The van der Waals surface area contributed by atoms with Crippen LogP contribution >= 0.6 is 0 Å². The van der Waals surface area contributed by atoms with Gasteiger partial charge in [-0.05, 0) is 192 Å². The van der Waals surface area contributed by atoms with Gasteiger partial charge in [-0.1, -0.05) is 104 Å². The normalized spacial score (nSPS) is 10.3. The molecule has 0 radical (unpaired) electrons. The number of hydrogen-bond acceptors (Lipinski definition) is 27. The van der Waals surface area contributed by atoms with E-state index in [-0.39, 0.29) is 94.5 Å². The smallest absolute Gasteiger partial charge is 0.407 e. The molecule has 680 valence electrons. The number of isocyanates is 2. The van der Waals surface area contributed by atoms with E-state index in [1.807, 2.05) is 41.5 Å². The molecule has 32 heteroatoms. The Morgan fingerprint density at radius 2 is 0.686 bits per heavy atom. The average Bonchev–Trinajstić information content (AvgIpc) is 0.868. The molecule has 0 saturated carbocycles. The minimum atomic E-state index is -0.471. The van der Waals surface area contributed by atoms with Gasteiger partial charge < -0.3 is 83.9 Å². The van der Waals surface area contributed by atoms with Crippen molar-refractivity contribution >= 4 is 66.1 Å². The minimum Gasteiger partial charge on any atom is -0.466 e. The topological polar surface area (TPSA) is 438 Å². The molecule has 0 unspecified atom stereocenters. The summed E-state index contributed by atoms with van der Waals surface area (Å²) in [5.74, 6) is -1.64. The van der Waals surface area contributed by atoms with Gasteiger partial charge in [0.05, 0.1) is 52.6 Å². The van der Waals surface area contributed by atoms with Gasteiger partial charge in [-0.2, -0.15) is 10.5 Å². The molecule has 0 aromatic heterocycles. The fourth-order valence-electron chi connectivity index (χ4n) is 9.76. The van der Waals surface area contributed by atoms with Gasteiger partial charge >= 0.3 is 48.1 Å². The highest BCUT2D eigenvalue weighted by molar-refractivity contribution is 5.88. The monoisotopic (exact) mass is 1680 g/mol. The number of nitrogens with zero attached hydrogens (tertiary/aromatic N) is 6. The number of alkyl carbamates (subject to hydrolysis) is 2. The zero-order valence-electron chi connectivity index (χ0n) is 73.4. The Labute approximate surface area is 706 Å². The van der Waals surface area contributed by atoms with E-state index in [1.165, 1.54) is 12.2 Å². The Kier molecular flexibility index (Phi) is 85.9. The largest absolute Gasteiger partial charge is 0.466 e. The molecule has 0 fully saturated rings. The number of ether oxygens (including phenoxy) is 9. The molecule has 0 heterocycles. The summed E-state index contributed by atoms with van der Waals surface area (Å²) in [6.07, 6.45) is 31.2. The summed E-state index contributed by atoms with van der Waals surface area (Å²) in [4.78, 5) is 137. The fourth-order valence-corrected chi connectivity index (χ4v) is 9.76. The maximum atomic E-state index is 12.8. The molecule has 0 aliphatic carbocycles. The summed E-state index contributed by atoms with van der Waals surface area (Å²) in [6.45, 7) is 40.4. The predicted molar refractivity (Wildman–Crippen MR) is 455 cm³/mol. The number of aliphatic hydroxyl groups excluding tert-OH is 2. The highest BCUT2D eigenvalue weighted by atomic mass is 16.6. The molecule has 0 atom stereocenters. The standard InChI is InChI=1S/C42H74N4O10.C21H35N3O6.C10H19NO2.C8H12N2O2.C4H10O2.CH4/c1-33(2)37(49)54-31-27-45(41(5,6)7)35(47)23-17-13-11-16-20-26-44-40(52)56-30-22-21-29-53-36(48)24-18-14-12-15-19-25-43-39(51)46(42(8,9)10)28-32-55-38(50)34(3)4;22-18-28-15-9-5-1-2-6-12-20(26)29-16-10-11-17-30-21(27)24-14-8-4-3-7-13-23-19-25;1-8(2)9(12)13-7-6-11-10(3,4)5;9-7-12-6-4-2-1-3-5-10-8-11;5-3-1-2-4-6;/h1,3,11-32H2,2,4-10H3,(H,43,51)(H,44,52);1-17H2,(H,24,27);11H,1,6-7H2,2-5H3;1-6H2;5-6H,1-4H2;1H4. The average molecular weight is 1680 g/mol. The molecule has 0 spiro atoms. The minimum absolute atomic E-state index is 0. The van der Waals surface area contributed by atoms with Crippen molar-refractivity contribution in [2.45, 2.75) is 313 Å². The summed E-state index contributed by atoms with van der Waals surface area (Å²) in [6, 6.07) is -0.202. The highest BCUT2D eigenvalue weighted by Crippen LogP contribution is 2.18. The molecule has 6 N–H and O–H groups in total. The maximum absolute atomic E-state index is 12.8. The molecule has 0 bridgehead atoms. The summed E-state index contributed by atoms with van der Waals surface area (Å²) in [7, 11) is 0. The number of aliphatic imine (C=N–C) groups is 2. The number of carbonyl (C=O) groups is 9. The number of nitriles is 2. The van der Waals surface area contributed by atoms with Crippen LogP contribution in [0.25, 0.3) is 0 Å². The van der Waals surface area contributed by atoms with Crippen LogP contribution in [0, 0.1) is 23.0 Å². The zero-order valence-corrected chi connectivity index (χ0v) is 73.4. The summed E-state index contributed by atoms with van der Waals surface area (Å²) < 4.78 is 45.0. The van der Waals surface area contributed by atoms with Crippen molar-refractivity contribution < 1.29 is 106 Å². The van der Waals surface area contributed by atoms with Gasteiger partial charge in [0, 0.05) is 92.0 Å². The van der Waals surface area contributed by atoms with Crippen molar-refractivity contribution in [3.05, 3.63) is 36.5 Å². The number of nitrogens with one attached hydrogen (secondary N) is 4. The second kappa shape index (κ2) is 84.5. The van der Waals surface area contributed by atoms with Crippen LogP contribution in [-0.2, 0) is 81.0 Å². The van der Waals surface area contributed by atoms with Crippen LogP contribution in [0.4, 0.5) is 14.4 Å². The molecule has 0 aromatic carbocycles. The lowest BCUT2D eigenvalue weighted by Gasteiger charge is -2.35. The van der Waals surface area contributed by atoms with Crippen LogP contribution in [0.1, 0.15) is 296 Å². The van der Waals surface area contributed by atoms with E-state index >= 15 is 0 Å². The first-order chi connectivity index (χ1) is 55.6. The van der Waals surface area contributed by atoms with E-state index in [1.54, 1.807) is 43.1 Å². The van der Waals surface area contributed by atoms with Gasteiger partial charge in [0.15, 0.2) is 0 Å². The Bertz CT molecular complexity index is 2760. The van der Waals surface area contributed by atoms with Crippen molar-refractivity contribution in [3.8, 4) is 12.5 Å². The lowest BCUT2D eigenvalue weighted by Crippen LogP contribution is -2.51. The van der Waals surface area contributed by atoms with Crippen molar-refractivity contribution in [1.29, 1.82) is 10.5 Å². The third kappa shape index (κ3) is 91.0. The highest BCUT2D eigenvalue weighted by Gasteiger charge is 2.28. The number of urea groups is 1. The number of unbranched alkanes of at least 4 members (excludes halogenated alkanes) is 21. The van der Waals surface area contributed by atoms with Gasteiger partial charge in [0.1, 0.15) is 33.0 Å². The molecule has 5 amide bonds. The second-order valence-corrected chi connectivity index (χ2v) is 30.5. The Morgan fingerprint density at radius 3 is 1.03 bits per heavy atom. The first-order valence-electron chi connectivity index (χ1n) is 41.7. The zero-order chi connectivity index (χ0) is 89.1. The molecular formula is C86H154N10O22. The molecule has 32 nitrogen and oxygen atoms in total. The van der Waals surface area contributed by atoms with Crippen molar-refractivity contribution in [2.75, 3.05) is 125 Å². The predicted octanol–water partition coefficient (Wildman–Crippen LogP) is 14.4. The van der Waals surface area contributed by atoms with Crippen LogP contribution in [0.15, 0.2) is 46.4 Å². The van der Waals surface area contributed by atoms with E-state index in [2.05, 4.69) is 81.2 Å². The van der Waals surface area contributed by atoms with Crippen molar-refractivity contribution in [2.24, 2.45) is 9.98 Å². The van der Waals surface area contributed by atoms with E-state index in [0.717, 1.165) is 161 Å². The fraction of sp³-hybridized carbons (Fsp3) is 0.779. The first kappa shape index (κ1) is 120. The number of esters is 5. The van der Waals surface area contributed by atoms with Crippen molar-refractivity contribution in [3.63, 3.8) is 0 Å². The third-order valence-electron chi connectivity index (χ3n) is 16.2. The number of rotatable bonds is 63.